The van der Waals surface area contributed by atoms with Crippen molar-refractivity contribution < 1.29 is 23.9 Å². The Balaban J connectivity index is 1.61. The molecule has 174 valence electrons. The zero-order valence-electron chi connectivity index (χ0n) is 17.5. The first-order valence-corrected chi connectivity index (χ1v) is 10.7. The number of hydrazone groups is 1. The van der Waals surface area contributed by atoms with E-state index in [2.05, 4.69) is 15.8 Å². The summed E-state index contributed by atoms with van der Waals surface area (Å²) in [5, 5.41) is 7.15. The van der Waals surface area contributed by atoms with E-state index in [4.69, 9.17) is 44.3 Å². The summed E-state index contributed by atoms with van der Waals surface area (Å²) in [6.07, 6.45) is 1.28. The fraction of sp³-hybridized carbons (Fsp3) is 0.0435. The number of benzene rings is 3. The second-order valence-corrected chi connectivity index (χ2v) is 7.86. The summed E-state index contributed by atoms with van der Waals surface area (Å²) in [6, 6.07) is 15.3. The first-order valence-electron chi connectivity index (χ1n) is 9.52. The number of hydrogen-bond acceptors (Lipinski definition) is 6. The summed E-state index contributed by atoms with van der Waals surface area (Å²) in [6.45, 7) is 0. The molecule has 0 aliphatic rings. The van der Waals surface area contributed by atoms with Crippen molar-refractivity contribution in [3.05, 3.63) is 86.9 Å². The zero-order chi connectivity index (χ0) is 24.7. The van der Waals surface area contributed by atoms with E-state index in [0.29, 0.717) is 21.2 Å². The lowest BCUT2D eigenvalue weighted by atomic mass is 10.2. The zero-order valence-corrected chi connectivity index (χ0v) is 19.7. The molecule has 3 rings (SSSR count). The minimum absolute atomic E-state index is 0.182. The lowest BCUT2D eigenvalue weighted by Crippen LogP contribution is -2.32. The van der Waals surface area contributed by atoms with Crippen LogP contribution in [0.1, 0.15) is 15.9 Å². The number of hydrogen-bond donors (Lipinski definition) is 2. The Hall–Kier alpha value is -3.59. The van der Waals surface area contributed by atoms with Gasteiger partial charge in [0.05, 0.1) is 29.6 Å². The fourth-order valence-electron chi connectivity index (χ4n) is 2.58. The predicted octanol–water partition coefficient (Wildman–Crippen LogP) is 4.96. The van der Waals surface area contributed by atoms with Crippen molar-refractivity contribution in [1.29, 1.82) is 0 Å². The van der Waals surface area contributed by atoms with Crippen molar-refractivity contribution >= 4 is 64.5 Å². The van der Waals surface area contributed by atoms with E-state index in [0.717, 1.165) is 0 Å². The third-order valence-electron chi connectivity index (χ3n) is 4.23. The van der Waals surface area contributed by atoms with Crippen molar-refractivity contribution in [2.45, 2.75) is 0 Å². The third-order valence-corrected chi connectivity index (χ3v) is 5.05. The Morgan fingerprint density at radius 3 is 2.26 bits per heavy atom. The van der Waals surface area contributed by atoms with Crippen LogP contribution in [0.5, 0.6) is 11.5 Å². The molecular formula is C23H16Cl3N3O5. The minimum atomic E-state index is -1.02. The molecule has 0 spiro atoms. The average Bonchev–Trinajstić information content (AvgIpc) is 2.82. The van der Waals surface area contributed by atoms with E-state index >= 15 is 0 Å². The van der Waals surface area contributed by atoms with Crippen LogP contribution in [-0.4, -0.2) is 31.1 Å². The van der Waals surface area contributed by atoms with Crippen LogP contribution in [0.15, 0.2) is 65.8 Å². The molecule has 0 aliphatic carbocycles. The van der Waals surface area contributed by atoms with Gasteiger partial charge in [0, 0.05) is 10.0 Å². The summed E-state index contributed by atoms with van der Waals surface area (Å²) in [4.78, 5) is 36.3. The summed E-state index contributed by atoms with van der Waals surface area (Å²) in [7, 11) is 1.41. The molecule has 3 aromatic carbocycles. The van der Waals surface area contributed by atoms with E-state index in [1.807, 2.05) is 0 Å². The number of carbonyl (C=O) groups is 3. The number of ether oxygens (including phenoxy) is 2. The molecule has 3 aromatic rings. The van der Waals surface area contributed by atoms with Crippen LogP contribution >= 0.6 is 34.8 Å². The SMILES string of the molecule is COc1cc(/C=N/NC(=O)C(=O)Nc2cc(Cl)ccc2Cl)ccc1OC(=O)c1ccc(Cl)cc1. The quantitative estimate of drug-likeness (QED) is 0.157. The lowest BCUT2D eigenvalue weighted by molar-refractivity contribution is -0.136. The highest BCUT2D eigenvalue weighted by molar-refractivity contribution is 6.42. The average molecular weight is 521 g/mol. The summed E-state index contributed by atoms with van der Waals surface area (Å²) >= 11 is 17.6. The van der Waals surface area contributed by atoms with Gasteiger partial charge in [-0.15, -0.1) is 0 Å². The maximum atomic E-state index is 12.3. The molecule has 34 heavy (non-hydrogen) atoms. The Morgan fingerprint density at radius 1 is 0.853 bits per heavy atom. The fourth-order valence-corrected chi connectivity index (χ4v) is 3.05. The molecule has 2 amide bonds. The van der Waals surface area contributed by atoms with Crippen LogP contribution in [-0.2, 0) is 9.59 Å². The molecule has 0 heterocycles. The first-order chi connectivity index (χ1) is 16.3. The van der Waals surface area contributed by atoms with Crippen molar-refractivity contribution in [3.63, 3.8) is 0 Å². The molecule has 0 bridgehead atoms. The van der Waals surface area contributed by atoms with Crippen molar-refractivity contribution in [1.82, 2.24) is 5.43 Å². The van der Waals surface area contributed by atoms with Crippen LogP contribution in [0.4, 0.5) is 5.69 Å². The normalized spacial score (nSPS) is 10.6. The van der Waals surface area contributed by atoms with Crippen LogP contribution in [0.25, 0.3) is 0 Å². The smallest absolute Gasteiger partial charge is 0.343 e. The maximum Gasteiger partial charge on any atom is 0.343 e. The Labute approximate surface area is 209 Å². The van der Waals surface area contributed by atoms with E-state index < -0.39 is 17.8 Å². The van der Waals surface area contributed by atoms with Gasteiger partial charge in [0.15, 0.2) is 11.5 Å². The van der Waals surface area contributed by atoms with Gasteiger partial charge < -0.3 is 14.8 Å². The molecule has 0 aliphatic heterocycles. The van der Waals surface area contributed by atoms with Gasteiger partial charge >= 0.3 is 17.8 Å². The van der Waals surface area contributed by atoms with Crippen molar-refractivity contribution in [3.8, 4) is 11.5 Å². The molecule has 2 N–H and O–H groups in total. The standard InChI is InChI=1S/C23H16Cl3N3O5/c1-33-20-10-13(2-9-19(20)34-23(32)14-3-5-15(24)6-4-14)12-27-29-22(31)21(30)28-18-11-16(25)7-8-17(18)26/h2-12H,1H3,(H,28,30)(H,29,31)/b27-12+. The minimum Gasteiger partial charge on any atom is -0.493 e. The molecular weight excluding hydrogens is 505 g/mol. The number of carbonyl (C=O) groups excluding carboxylic acids is 3. The maximum absolute atomic E-state index is 12.3. The molecule has 11 heteroatoms. The van der Waals surface area contributed by atoms with E-state index in [-0.39, 0.29) is 22.2 Å². The molecule has 0 saturated heterocycles. The number of nitrogens with one attached hydrogen (secondary N) is 2. The van der Waals surface area contributed by atoms with Gasteiger partial charge in [0.25, 0.3) is 0 Å². The molecule has 0 radical (unpaired) electrons. The predicted molar refractivity (Wildman–Crippen MR) is 130 cm³/mol. The number of nitrogens with zero attached hydrogens (tertiary/aromatic N) is 1. The molecule has 0 saturated carbocycles. The van der Waals surface area contributed by atoms with Crippen LogP contribution in [0.3, 0.4) is 0 Å². The first kappa shape index (κ1) is 25.0. The largest absolute Gasteiger partial charge is 0.493 e. The van der Waals surface area contributed by atoms with Crippen LogP contribution in [0.2, 0.25) is 15.1 Å². The Bertz CT molecular complexity index is 1260. The van der Waals surface area contributed by atoms with Crippen molar-refractivity contribution in [2.75, 3.05) is 12.4 Å². The second-order valence-electron chi connectivity index (χ2n) is 6.58. The second kappa shape index (κ2) is 11.5. The topological polar surface area (TPSA) is 106 Å². The third kappa shape index (κ3) is 6.71. The Kier molecular flexibility index (Phi) is 8.48. The number of anilines is 1. The molecule has 8 nitrogen and oxygen atoms in total. The van der Waals surface area contributed by atoms with Gasteiger partial charge in [-0.05, 0) is 66.2 Å². The number of esters is 1. The summed E-state index contributed by atoms with van der Waals surface area (Å²) < 4.78 is 10.6. The van der Waals surface area contributed by atoms with Gasteiger partial charge in [-0.1, -0.05) is 34.8 Å². The van der Waals surface area contributed by atoms with E-state index in [1.54, 1.807) is 24.3 Å². The number of halogens is 3. The Morgan fingerprint density at radius 2 is 1.56 bits per heavy atom. The highest BCUT2D eigenvalue weighted by Crippen LogP contribution is 2.28. The molecule has 0 aromatic heterocycles. The molecule has 0 unspecified atom stereocenters. The highest BCUT2D eigenvalue weighted by Gasteiger charge is 2.15. The summed E-state index contributed by atoms with van der Waals surface area (Å²) in [5.74, 6) is -2.15. The van der Waals surface area contributed by atoms with E-state index in [9.17, 15) is 14.4 Å². The number of amides is 2. The number of rotatable bonds is 6. The van der Waals surface area contributed by atoms with Gasteiger partial charge in [-0.3, -0.25) is 9.59 Å². The van der Waals surface area contributed by atoms with Gasteiger partial charge in [-0.25, -0.2) is 10.2 Å². The van der Waals surface area contributed by atoms with Crippen LogP contribution < -0.4 is 20.2 Å². The van der Waals surface area contributed by atoms with Crippen molar-refractivity contribution in [2.24, 2.45) is 5.10 Å². The van der Waals surface area contributed by atoms with Gasteiger partial charge in [0.2, 0.25) is 0 Å². The van der Waals surface area contributed by atoms with Crippen LogP contribution in [0, 0.1) is 0 Å². The van der Waals surface area contributed by atoms with Gasteiger partial charge in [0.1, 0.15) is 0 Å². The molecule has 0 atom stereocenters. The van der Waals surface area contributed by atoms with Gasteiger partial charge in [-0.2, -0.15) is 5.10 Å². The molecule has 0 fully saturated rings. The van der Waals surface area contributed by atoms with E-state index in [1.165, 1.54) is 49.7 Å². The highest BCUT2D eigenvalue weighted by atomic mass is 35.5. The summed E-state index contributed by atoms with van der Waals surface area (Å²) in [5.41, 5.74) is 3.11. The lowest BCUT2D eigenvalue weighted by Gasteiger charge is -2.10. The monoisotopic (exact) mass is 519 g/mol. The number of methoxy groups -OCH3 is 1.